The monoisotopic (exact) mass is 288 g/mol. The summed E-state index contributed by atoms with van der Waals surface area (Å²) in [5, 5.41) is 0. The molecule has 0 saturated carbocycles. The van der Waals surface area contributed by atoms with Crippen LogP contribution in [0.4, 0.5) is 0 Å². The smallest absolute Gasteiger partial charge is 0.0986 e. The minimum absolute atomic E-state index is 0. The van der Waals surface area contributed by atoms with Crippen LogP contribution in [0.3, 0.4) is 0 Å². The van der Waals surface area contributed by atoms with Crippen molar-refractivity contribution in [2.45, 2.75) is 0 Å². The van der Waals surface area contributed by atoms with Crippen molar-refractivity contribution in [1.29, 1.82) is 0 Å². The van der Waals surface area contributed by atoms with E-state index in [-0.39, 0.29) is 17.4 Å². The molecule has 0 saturated heterocycles. The van der Waals surface area contributed by atoms with E-state index < -0.39 is 14.1 Å². The van der Waals surface area contributed by atoms with E-state index in [1.807, 2.05) is 0 Å². The fourth-order valence-electron chi connectivity index (χ4n) is 2.51. The van der Waals surface area contributed by atoms with Gasteiger partial charge in [0.2, 0.25) is 0 Å². The van der Waals surface area contributed by atoms with Crippen LogP contribution < -0.4 is 13.3 Å². The first-order chi connectivity index (χ1) is 9.45. The first-order valence-electron chi connectivity index (χ1n) is 6.60. The fourth-order valence-corrected chi connectivity index (χ4v) is 5.49. The van der Waals surface area contributed by atoms with E-state index in [0.29, 0.717) is 0 Å². The van der Waals surface area contributed by atoms with Crippen LogP contribution in [0.15, 0.2) is 91.0 Å². The van der Waals surface area contributed by atoms with Crippen molar-refractivity contribution in [3.63, 3.8) is 0 Å². The van der Waals surface area contributed by atoms with Crippen LogP contribution in [0.5, 0.6) is 0 Å². The van der Waals surface area contributed by atoms with Crippen molar-refractivity contribution in [1.82, 2.24) is 0 Å². The Morgan fingerprint density at radius 1 is 0.400 bits per heavy atom. The lowest BCUT2D eigenvalue weighted by Gasteiger charge is -2.13. The van der Waals surface area contributed by atoms with Crippen molar-refractivity contribution < 1.29 is 0 Å². The summed E-state index contributed by atoms with van der Waals surface area (Å²) in [6.07, 6.45) is 0. The second-order valence-corrected chi connectivity index (χ2v) is 7.53. The highest BCUT2D eigenvalue weighted by molar-refractivity contribution is 6.95. The molecule has 0 unspecified atom stereocenters. The van der Waals surface area contributed by atoms with Gasteiger partial charge in [0.05, 0.1) is 0 Å². The molecule has 3 aromatic carbocycles. The quantitative estimate of drug-likeness (QED) is 0.631. The second kappa shape index (κ2) is 7.49. The SMILES string of the molecule is [AlH3].c1cc[c]([Al]([c]2ccccc2)[c]2ccccc2)cc1. The van der Waals surface area contributed by atoms with Crippen molar-refractivity contribution in [2.75, 3.05) is 0 Å². The Bertz CT molecular complexity index is 527. The molecule has 0 nitrogen and oxygen atoms in total. The topological polar surface area (TPSA) is 0 Å². The molecule has 0 amide bonds. The average Bonchev–Trinajstić information content (AvgIpc) is 2.51. The molecule has 0 N–H and O–H groups in total. The molecular weight excluding hydrogens is 270 g/mol. The van der Waals surface area contributed by atoms with Crippen molar-refractivity contribution in [2.24, 2.45) is 0 Å². The molecule has 3 rings (SSSR count). The minimum atomic E-state index is -1.31. The summed E-state index contributed by atoms with van der Waals surface area (Å²) in [5.74, 6) is 0. The van der Waals surface area contributed by atoms with Crippen LogP contribution in [0.25, 0.3) is 0 Å². The van der Waals surface area contributed by atoms with Gasteiger partial charge in [-0.1, -0.05) is 104 Å². The third-order valence-corrected chi connectivity index (χ3v) is 6.55. The van der Waals surface area contributed by atoms with Crippen molar-refractivity contribution in [3.8, 4) is 0 Å². The van der Waals surface area contributed by atoms with E-state index in [9.17, 15) is 0 Å². The van der Waals surface area contributed by atoms with Gasteiger partial charge in [-0.05, 0) is 0 Å². The third-order valence-electron chi connectivity index (χ3n) is 3.40. The molecule has 0 aromatic heterocycles. The number of hydrogen-bond acceptors (Lipinski definition) is 0. The van der Waals surface area contributed by atoms with Gasteiger partial charge < -0.3 is 0 Å². The molecular formula is C18H18Al2. The Morgan fingerprint density at radius 2 is 0.650 bits per heavy atom. The standard InChI is InChI=1S/3C6H5.2Al.3H/c3*1-2-4-6-5-3-1;;;;;/h3*1-5H;;;;;. The molecule has 0 bridgehead atoms. The summed E-state index contributed by atoms with van der Waals surface area (Å²) in [4.78, 5) is 0. The van der Waals surface area contributed by atoms with E-state index in [2.05, 4.69) is 91.0 Å². The molecule has 0 heterocycles. The minimum Gasteiger partial charge on any atom is -0.0986 e. The zero-order chi connectivity index (χ0) is 12.9. The normalized spacial score (nSPS) is 9.60. The number of benzene rings is 3. The lowest BCUT2D eigenvalue weighted by Crippen LogP contribution is -2.51. The van der Waals surface area contributed by atoms with E-state index in [1.165, 1.54) is 13.3 Å². The molecule has 2 heteroatoms. The Balaban J connectivity index is 0.00000147. The first kappa shape index (κ1) is 15.1. The molecule has 0 spiro atoms. The van der Waals surface area contributed by atoms with Crippen molar-refractivity contribution in [3.05, 3.63) is 91.0 Å². The highest BCUT2D eigenvalue weighted by Gasteiger charge is 2.23. The lowest BCUT2D eigenvalue weighted by atomic mass is 10.3. The summed E-state index contributed by atoms with van der Waals surface area (Å²) in [7, 11) is 0. The molecule has 0 atom stereocenters. The van der Waals surface area contributed by atoms with Gasteiger partial charge >= 0.3 is 14.1 Å². The maximum Gasteiger partial charge on any atom is 0.383 e. The zero-order valence-corrected chi connectivity index (χ0v) is 11.9. The van der Waals surface area contributed by atoms with Gasteiger partial charge in [0.25, 0.3) is 0 Å². The van der Waals surface area contributed by atoms with E-state index in [4.69, 9.17) is 0 Å². The van der Waals surface area contributed by atoms with Crippen LogP contribution >= 0.6 is 0 Å². The van der Waals surface area contributed by atoms with Crippen molar-refractivity contribution >= 4 is 44.8 Å². The highest BCUT2D eigenvalue weighted by atomic mass is 27.2. The van der Waals surface area contributed by atoms with Gasteiger partial charge in [-0.3, -0.25) is 0 Å². The lowest BCUT2D eigenvalue weighted by molar-refractivity contribution is 1.71. The van der Waals surface area contributed by atoms with Gasteiger partial charge in [0, 0.05) is 0 Å². The van der Waals surface area contributed by atoms with Gasteiger partial charge in [0.15, 0.2) is 17.4 Å². The summed E-state index contributed by atoms with van der Waals surface area (Å²) in [6, 6.07) is 32.7. The fraction of sp³-hybridized carbons (Fsp3) is 0. The molecule has 0 aliphatic carbocycles. The Kier molecular flexibility index (Phi) is 5.66. The third kappa shape index (κ3) is 3.43. The van der Waals surface area contributed by atoms with Crippen LogP contribution in [0.1, 0.15) is 0 Å². The summed E-state index contributed by atoms with van der Waals surface area (Å²) < 4.78 is 4.42. The van der Waals surface area contributed by atoms with Crippen LogP contribution in [0.2, 0.25) is 0 Å². The molecule has 0 aliphatic heterocycles. The van der Waals surface area contributed by atoms with Crippen LogP contribution in [-0.4, -0.2) is 31.5 Å². The van der Waals surface area contributed by atoms with Gasteiger partial charge in [-0.15, -0.1) is 0 Å². The van der Waals surface area contributed by atoms with Gasteiger partial charge in [0.1, 0.15) is 0 Å². The Labute approximate surface area is 135 Å². The molecule has 96 valence electrons. The Hall–Kier alpha value is -1.28. The zero-order valence-electron chi connectivity index (χ0n) is 10.7. The molecule has 3 aromatic rings. The summed E-state index contributed by atoms with van der Waals surface area (Å²) in [6.45, 7) is 0. The van der Waals surface area contributed by atoms with Crippen LogP contribution in [-0.2, 0) is 0 Å². The molecule has 0 fully saturated rings. The van der Waals surface area contributed by atoms with Gasteiger partial charge in [-0.2, -0.15) is 0 Å². The highest BCUT2D eigenvalue weighted by Crippen LogP contribution is 1.95. The predicted molar refractivity (Wildman–Crippen MR) is 93.9 cm³/mol. The number of hydrogen-bond donors (Lipinski definition) is 0. The average molecular weight is 288 g/mol. The maximum atomic E-state index is 2.26. The van der Waals surface area contributed by atoms with E-state index in [1.54, 1.807) is 0 Å². The second-order valence-electron chi connectivity index (χ2n) is 4.67. The largest absolute Gasteiger partial charge is 0.383 e. The summed E-state index contributed by atoms with van der Waals surface area (Å²) >= 11 is -1.31. The van der Waals surface area contributed by atoms with Gasteiger partial charge in [-0.25, -0.2) is 0 Å². The summed E-state index contributed by atoms with van der Waals surface area (Å²) in [5.41, 5.74) is 0. The molecule has 20 heavy (non-hydrogen) atoms. The Morgan fingerprint density at radius 3 is 0.900 bits per heavy atom. The molecule has 0 aliphatic rings. The number of rotatable bonds is 3. The molecule has 0 radical (unpaired) electrons. The predicted octanol–water partition coefficient (Wildman–Crippen LogP) is 1.02. The van der Waals surface area contributed by atoms with E-state index in [0.717, 1.165) is 0 Å². The van der Waals surface area contributed by atoms with Crippen LogP contribution in [0, 0.1) is 0 Å². The van der Waals surface area contributed by atoms with E-state index >= 15 is 0 Å². The first-order valence-corrected chi connectivity index (χ1v) is 8.33. The maximum absolute atomic E-state index is 2.26.